The van der Waals surface area contributed by atoms with Crippen molar-refractivity contribution in [2.45, 2.75) is 13.8 Å². The van der Waals surface area contributed by atoms with Gasteiger partial charge in [0, 0.05) is 25.7 Å². The minimum atomic E-state index is -3.55. The highest BCUT2D eigenvalue weighted by atomic mass is 32.2. The van der Waals surface area contributed by atoms with E-state index >= 15 is 0 Å². The number of benzene rings is 1. The predicted molar refractivity (Wildman–Crippen MR) is 101 cm³/mol. The molecule has 1 N–H and O–H groups in total. The molecule has 0 aliphatic rings. The first-order valence-electron chi connectivity index (χ1n) is 7.81. The summed E-state index contributed by atoms with van der Waals surface area (Å²) in [5, 5.41) is 0.976. The smallest absolute Gasteiger partial charge is 0.271 e. The van der Waals surface area contributed by atoms with E-state index in [4.69, 9.17) is 0 Å². The number of rotatable bonds is 4. The SMILES string of the molecule is Cc1ccc(-c2cc(C)c3ccc(NS(=O)(=O)N(C)C)cc3n2)nc1. The van der Waals surface area contributed by atoms with Gasteiger partial charge in [0.2, 0.25) is 0 Å². The van der Waals surface area contributed by atoms with Gasteiger partial charge in [0.25, 0.3) is 0 Å². The van der Waals surface area contributed by atoms with E-state index < -0.39 is 10.2 Å². The third-order valence-corrected chi connectivity index (χ3v) is 5.37. The van der Waals surface area contributed by atoms with Crippen molar-refractivity contribution in [3.63, 3.8) is 0 Å². The number of aryl methyl sites for hydroxylation is 2. The van der Waals surface area contributed by atoms with Crippen LogP contribution < -0.4 is 4.72 Å². The molecule has 0 atom stereocenters. The number of anilines is 1. The van der Waals surface area contributed by atoms with Gasteiger partial charge in [-0.25, -0.2) is 4.98 Å². The summed E-state index contributed by atoms with van der Waals surface area (Å²) in [7, 11) is -0.596. The molecule has 0 radical (unpaired) electrons. The van der Waals surface area contributed by atoms with Gasteiger partial charge >= 0.3 is 10.2 Å². The Balaban J connectivity index is 2.07. The summed E-state index contributed by atoms with van der Waals surface area (Å²) in [4.78, 5) is 9.08. The van der Waals surface area contributed by atoms with Gasteiger partial charge in [-0.1, -0.05) is 12.1 Å². The predicted octanol–water partition coefficient (Wildman–Crippen LogP) is 3.13. The molecule has 2 heterocycles. The molecule has 0 fully saturated rings. The van der Waals surface area contributed by atoms with E-state index in [0.717, 1.165) is 37.7 Å². The number of hydrogen-bond donors (Lipinski definition) is 1. The Morgan fingerprint density at radius 3 is 2.40 bits per heavy atom. The van der Waals surface area contributed by atoms with Crippen molar-refractivity contribution >= 4 is 26.8 Å². The highest BCUT2D eigenvalue weighted by Gasteiger charge is 2.14. The number of pyridine rings is 2. The molecular formula is C18H20N4O2S. The van der Waals surface area contributed by atoms with Crippen molar-refractivity contribution < 1.29 is 8.42 Å². The lowest BCUT2D eigenvalue weighted by Gasteiger charge is -2.14. The summed E-state index contributed by atoms with van der Waals surface area (Å²) in [6, 6.07) is 11.3. The van der Waals surface area contributed by atoms with Crippen LogP contribution in [0, 0.1) is 13.8 Å². The molecule has 0 saturated carbocycles. The van der Waals surface area contributed by atoms with Gasteiger partial charge in [-0.2, -0.15) is 12.7 Å². The van der Waals surface area contributed by atoms with Crippen molar-refractivity contribution in [2.24, 2.45) is 0 Å². The van der Waals surface area contributed by atoms with Crippen molar-refractivity contribution in [1.82, 2.24) is 14.3 Å². The molecule has 130 valence electrons. The molecule has 0 aliphatic heterocycles. The van der Waals surface area contributed by atoms with Crippen LogP contribution in [0.25, 0.3) is 22.3 Å². The number of aromatic nitrogens is 2. The average molecular weight is 356 g/mol. The standard InChI is InChI=1S/C18H20N4O2S/c1-12-5-8-16(19-11-12)18-9-13(2)15-7-6-14(10-17(15)20-18)21-25(23,24)22(3)4/h5-11,21H,1-4H3. The van der Waals surface area contributed by atoms with Gasteiger partial charge in [-0.15, -0.1) is 0 Å². The topological polar surface area (TPSA) is 75.2 Å². The summed E-state index contributed by atoms with van der Waals surface area (Å²) in [5.41, 5.74) is 4.89. The Morgan fingerprint density at radius 1 is 1.00 bits per heavy atom. The number of nitrogens with one attached hydrogen (secondary N) is 1. The lowest BCUT2D eigenvalue weighted by molar-refractivity contribution is 0.527. The van der Waals surface area contributed by atoms with Crippen LogP contribution in [-0.4, -0.2) is 36.8 Å². The summed E-state index contributed by atoms with van der Waals surface area (Å²) in [6.45, 7) is 3.99. The lowest BCUT2D eigenvalue weighted by Crippen LogP contribution is -2.28. The Morgan fingerprint density at radius 2 is 1.76 bits per heavy atom. The van der Waals surface area contributed by atoms with Gasteiger partial charge in [-0.3, -0.25) is 9.71 Å². The van der Waals surface area contributed by atoms with Crippen LogP contribution in [0.2, 0.25) is 0 Å². The van der Waals surface area contributed by atoms with Crippen LogP contribution >= 0.6 is 0 Å². The van der Waals surface area contributed by atoms with Gasteiger partial charge in [0.15, 0.2) is 0 Å². The summed E-state index contributed by atoms with van der Waals surface area (Å²) < 4.78 is 27.7. The van der Waals surface area contributed by atoms with Crippen molar-refractivity contribution in [1.29, 1.82) is 0 Å². The molecule has 1 aromatic carbocycles. The molecule has 0 unspecified atom stereocenters. The Kier molecular flexibility index (Phi) is 4.45. The summed E-state index contributed by atoms with van der Waals surface area (Å²) >= 11 is 0. The fourth-order valence-electron chi connectivity index (χ4n) is 2.46. The van der Waals surface area contributed by atoms with E-state index in [2.05, 4.69) is 14.7 Å². The molecule has 25 heavy (non-hydrogen) atoms. The number of hydrogen-bond acceptors (Lipinski definition) is 4. The Labute approximate surface area is 147 Å². The highest BCUT2D eigenvalue weighted by molar-refractivity contribution is 7.90. The molecular weight excluding hydrogens is 336 g/mol. The molecule has 0 bridgehead atoms. The molecule has 0 spiro atoms. The number of nitrogens with zero attached hydrogens (tertiary/aromatic N) is 3. The van der Waals surface area contributed by atoms with Crippen LogP contribution in [-0.2, 0) is 10.2 Å². The first-order valence-corrected chi connectivity index (χ1v) is 9.25. The second-order valence-electron chi connectivity index (χ2n) is 6.17. The zero-order chi connectivity index (χ0) is 18.2. The largest absolute Gasteiger partial charge is 0.301 e. The minimum absolute atomic E-state index is 0.474. The van der Waals surface area contributed by atoms with E-state index in [1.165, 1.54) is 14.1 Å². The monoisotopic (exact) mass is 356 g/mol. The van der Waals surface area contributed by atoms with Gasteiger partial charge in [0.05, 0.1) is 22.6 Å². The van der Waals surface area contributed by atoms with Crippen LogP contribution in [0.15, 0.2) is 42.6 Å². The molecule has 3 rings (SSSR count). The van der Waals surface area contributed by atoms with Crippen molar-refractivity contribution in [3.8, 4) is 11.4 Å². The summed E-state index contributed by atoms with van der Waals surface area (Å²) in [5.74, 6) is 0. The second kappa shape index (κ2) is 6.42. The normalized spacial score (nSPS) is 11.9. The first-order chi connectivity index (χ1) is 11.8. The zero-order valence-corrected chi connectivity index (χ0v) is 15.4. The van der Waals surface area contributed by atoms with E-state index in [9.17, 15) is 8.42 Å². The van der Waals surface area contributed by atoms with E-state index in [0.29, 0.717) is 5.69 Å². The molecule has 0 amide bonds. The minimum Gasteiger partial charge on any atom is -0.271 e. The number of fused-ring (bicyclic) bond motifs is 1. The molecule has 2 aromatic heterocycles. The van der Waals surface area contributed by atoms with Gasteiger partial charge < -0.3 is 0 Å². The van der Waals surface area contributed by atoms with E-state index in [-0.39, 0.29) is 0 Å². The van der Waals surface area contributed by atoms with Crippen molar-refractivity contribution in [3.05, 3.63) is 53.7 Å². The average Bonchev–Trinajstić information content (AvgIpc) is 2.54. The van der Waals surface area contributed by atoms with Gasteiger partial charge in [-0.05, 0) is 49.2 Å². The Hall–Kier alpha value is -2.51. The van der Waals surface area contributed by atoms with Crippen molar-refractivity contribution in [2.75, 3.05) is 18.8 Å². The van der Waals surface area contributed by atoms with Crippen LogP contribution in [0.1, 0.15) is 11.1 Å². The molecule has 0 aliphatic carbocycles. The second-order valence-corrected chi connectivity index (χ2v) is 8.05. The van der Waals surface area contributed by atoms with Crippen LogP contribution in [0.4, 0.5) is 5.69 Å². The summed E-state index contributed by atoms with van der Waals surface area (Å²) in [6.07, 6.45) is 1.80. The zero-order valence-electron chi connectivity index (χ0n) is 14.6. The fourth-order valence-corrected chi connectivity index (χ4v) is 3.06. The van der Waals surface area contributed by atoms with E-state index in [1.807, 2.05) is 38.1 Å². The Bertz CT molecular complexity index is 1030. The fraction of sp³-hybridized carbons (Fsp3) is 0.222. The third-order valence-electron chi connectivity index (χ3n) is 3.92. The quantitative estimate of drug-likeness (QED) is 0.779. The maximum atomic E-state index is 12.0. The van der Waals surface area contributed by atoms with Crippen LogP contribution in [0.3, 0.4) is 0 Å². The first kappa shape index (κ1) is 17.3. The van der Waals surface area contributed by atoms with E-state index in [1.54, 1.807) is 18.3 Å². The molecule has 3 aromatic rings. The molecule has 6 nitrogen and oxygen atoms in total. The molecule has 7 heteroatoms. The third kappa shape index (κ3) is 3.62. The highest BCUT2D eigenvalue weighted by Crippen LogP contribution is 2.26. The lowest BCUT2D eigenvalue weighted by atomic mass is 10.1. The van der Waals surface area contributed by atoms with Crippen LogP contribution in [0.5, 0.6) is 0 Å². The molecule has 0 saturated heterocycles. The maximum absolute atomic E-state index is 12.0. The van der Waals surface area contributed by atoms with Gasteiger partial charge in [0.1, 0.15) is 0 Å². The maximum Gasteiger partial charge on any atom is 0.301 e.